The summed E-state index contributed by atoms with van der Waals surface area (Å²) < 4.78 is 43.0. The van der Waals surface area contributed by atoms with Gasteiger partial charge in [0.2, 0.25) is 0 Å². The number of nitrogens with zero attached hydrogens (tertiary/aromatic N) is 1. The van der Waals surface area contributed by atoms with E-state index in [2.05, 4.69) is 14.9 Å². The van der Waals surface area contributed by atoms with Crippen LogP contribution in [0, 0.1) is 3.70 Å². The molecule has 0 fully saturated rings. The summed E-state index contributed by atoms with van der Waals surface area (Å²) in [7, 11) is 1.10. The molecule has 0 radical (unpaired) electrons. The van der Waals surface area contributed by atoms with Crippen molar-refractivity contribution in [3.8, 4) is 0 Å². The van der Waals surface area contributed by atoms with Gasteiger partial charge in [-0.15, -0.1) is 0 Å². The molecule has 1 aromatic carbocycles. The molecule has 0 amide bonds. The molecule has 1 N–H and O–H groups in total. The fraction of sp³-hybridized carbons (Fsp3) is 0.200. The van der Waals surface area contributed by atoms with Crippen LogP contribution in [0.3, 0.4) is 0 Å². The first-order chi connectivity index (χ1) is 8.34. The van der Waals surface area contributed by atoms with Gasteiger partial charge in [0.25, 0.3) is 0 Å². The van der Waals surface area contributed by atoms with E-state index in [0.717, 1.165) is 19.2 Å². The SMILES string of the molecule is COC(=O)c1cc(C(F)(F)F)cc2c(I)[nH]nc12. The summed E-state index contributed by atoms with van der Waals surface area (Å²) in [5.41, 5.74) is -0.949. The lowest BCUT2D eigenvalue weighted by atomic mass is 10.1. The van der Waals surface area contributed by atoms with Crippen molar-refractivity contribution in [3.63, 3.8) is 0 Å². The highest BCUT2D eigenvalue weighted by molar-refractivity contribution is 14.1. The molecule has 0 saturated carbocycles. The van der Waals surface area contributed by atoms with Crippen LogP contribution in [0.2, 0.25) is 0 Å². The minimum atomic E-state index is -4.53. The van der Waals surface area contributed by atoms with Gasteiger partial charge in [0.05, 0.1) is 18.2 Å². The van der Waals surface area contributed by atoms with Crippen molar-refractivity contribution in [3.05, 3.63) is 27.0 Å². The molecular weight excluding hydrogens is 364 g/mol. The van der Waals surface area contributed by atoms with Crippen molar-refractivity contribution < 1.29 is 22.7 Å². The fourth-order valence-corrected chi connectivity index (χ4v) is 2.05. The molecule has 0 aliphatic carbocycles. The van der Waals surface area contributed by atoms with Gasteiger partial charge in [-0.2, -0.15) is 18.3 Å². The van der Waals surface area contributed by atoms with Crippen LogP contribution in [0.1, 0.15) is 15.9 Å². The molecule has 1 aromatic heterocycles. The van der Waals surface area contributed by atoms with Crippen LogP contribution in [0.5, 0.6) is 0 Å². The maximum atomic E-state index is 12.7. The fourth-order valence-electron chi connectivity index (χ4n) is 1.52. The summed E-state index contributed by atoms with van der Waals surface area (Å²) in [6, 6.07) is 1.69. The van der Waals surface area contributed by atoms with E-state index in [0.29, 0.717) is 3.70 Å². The summed E-state index contributed by atoms with van der Waals surface area (Å²) in [6.07, 6.45) is -4.53. The molecule has 0 spiro atoms. The van der Waals surface area contributed by atoms with Gasteiger partial charge in [-0.25, -0.2) is 4.79 Å². The number of benzene rings is 1. The molecule has 1 heterocycles. The van der Waals surface area contributed by atoms with Crippen LogP contribution in [0.4, 0.5) is 13.2 Å². The predicted octanol–water partition coefficient (Wildman–Crippen LogP) is 2.97. The van der Waals surface area contributed by atoms with Crippen molar-refractivity contribution >= 4 is 39.5 Å². The highest BCUT2D eigenvalue weighted by Gasteiger charge is 2.33. The van der Waals surface area contributed by atoms with Gasteiger partial charge in [-0.1, -0.05) is 0 Å². The van der Waals surface area contributed by atoms with Crippen molar-refractivity contribution in [1.82, 2.24) is 10.2 Å². The Morgan fingerprint density at radius 2 is 2.11 bits per heavy atom. The van der Waals surface area contributed by atoms with Crippen LogP contribution in [-0.2, 0) is 10.9 Å². The molecule has 0 aliphatic heterocycles. The average molecular weight is 370 g/mol. The number of H-pyrrole nitrogens is 1. The molecule has 4 nitrogen and oxygen atoms in total. The maximum Gasteiger partial charge on any atom is 0.416 e. The minimum absolute atomic E-state index is 0.166. The number of aromatic amines is 1. The predicted molar refractivity (Wildman–Crippen MR) is 65.2 cm³/mol. The van der Waals surface area contributed by atoms with E-state index < -0.39 is 17.7 Å². The third kappa shape index (κ3) is 2.16. The Kier molecular flexibility index (Phi) is 3.21. The Balaban J connectivity index is 2.78. The molecule has 0 bridgehead atoms. The Morgan fingerprint density at radius 3 is 2.67 bits per heavy atom. The minimum Gasteiger partial charge on any atom is -0.465 e. The van der Waals surface area contributed by atoms with Gasteiger partial charge >= 0.3 is 12.1 Å². The number of alkyl halides is 3. The van der Waals surface area contributed by atoms with Crippen LogP contribution >= 0.6 is 22.6 Å². The summed E-state index contributed by atoms with van der Waals surface area (Å²) in [5, 5.41) is 6.59. The Morgan fingerprint density at radius 1 is 1.44 bits per heavy atom. The van der Waals surface area contributed by atoms with E-state index in [-0.39, 0.29) is 16.5 Å². The normalized spacial score (nSPS) is 11.8. The quantitative estimate of drug-likeness (QED) is 0.621. The number of fused-ring (bicyclic) bond motifs is 1. The van der Waals surface area contributed by atoms with Gasteiger partial charge in [-0.05, 0) is 34.7 Å². The van der Waals surface area contributed by atoms with Crippen molar-refractivity contribution in [2.24, 2.45) is 0 Å². The third-order valence-electron chi connectivity index (χ3n) is 2.34. The summed E-state index contributed by atoms with van der Waals surface area (Å²) in [5.74, 6) is -0.853. The lowest BCUT2D eigenvalue weighted by Crippen LogP contribution is -2.09. The van der Waals surface area contributed by atoms with E-state index >= 15 is 0 Å². The molecule has 0 aliphatic rings. The van der Waals surface area contributed by atoms with E-state index in [4.69, 9.17) is 0 Å². The number of hydrogen-bond acceptors (Lipinski definition) is 3. The average Bonchev–Trinajstić information content (AvgIpc) is 2.68. The molecular formula is C10H6F3IN2O2. The lowest BCUT2D eigenvalue weighted by Gasteiger charge is -2.08. The molecule has 2 rings (SSSR count). The first kappa shape index (κ1) is 13.1. The maximum absolute atomic E-state index is 12.7. The number of hydrogen-bond donors (Lipinski definition) is 1. The molecule has 0 saturated heterocycles. The smallest absolute Gasteiger partial charge is 0.416 e. The third-order valence-corrected chi connectivity index (χ3v) is 3.17. The number of carbonyl (C=O) groups is 1. The summed E-state index contributed by atoms with van der Waals surface area (Å²) in [4.78, 5) is 11.5. The molecule has 2 aromatic rings. The second-order valence-corrected chi connectivity index (χ2v) is 4.53. The molecule has 0 atom stereocenters. The number of aromatic nitrogens is 2. The zero-order valence-electron chi connectivity index (χ0n) is 8.93. The van der Waals surface area contributed by atoms with Crippen LogP contribution < -0.4 is 0 Å². The highest BCUT2D eigenvalue weighted by Crippen LogP contribution is 2.34. The first-order valence-corrected chi connectivity index (χ1v) is 5.75. The largest absolute Gasteiger partial charge is 0.465 e. The summed E-state index contributed by atoms with van der Waals surface area (Å²) >= 11 is 1.81. The number of ether oxygens (including phenoxy) is 1. The number of esters is 1. The van der Waals surface area contributed by atoms with Crippen LogP contribution in [0.15, 0.2) is 12.1 Å². The number of nitrogens with one attached hydrogen (secondary N) is 1. The van der Waals surface area contributed by atoms with Gasteiger partial charge in [-0.3, -0.25) is 5.10 Å². The second kappa shape index (κ2) is 4.41. The van der Waals surface area contributed by atoms with Crippen molar-refractivity contribution in [2.75, 3.05) is 7.11 Å². The van der Waals surface area contributed by atoms with Crippen LogP contribution in [0.25, 0.3) is 10.9 Å². The lowest BCUT2D eigenvalue weighted by molar-refractivity contribution is -0.137. The Hall–Kier alpha value is -1.32. The zero-order chi connectivity index (χ0) is 13.5. The van der Waals surface area contributed by atoms with Crippen molar-refractivity contribution in [1.29, 1.82) is 0 Å². The Labute approximate surface area is 113 Å². The molecule has 8 heteroatoms. The number of halogens is 4. The topological polar surface area (TPSA) is 55.0 Å². The van der Waals surface area contributed by atoms with Crippen LogP contribution in [-0.4, -0.2) is 23.3 Å². The molecule has 18 heavy (non-hydrogen) atoms. The summed E-state index contributed by atoms with van der Waals surface area (Å²) in [6.45, 7) is 0. The van der Waals surface area contributed by atoms with E-state index in [1.54, 1.807) is 0 Å². The second-order valence-electron chi connectivity index (χ2n) is 3.45. The number of methoxy groups -OCH3 is 1. The van der Waals surface area contributed by atoms with Gasteiger partial charge in [0.15, 0.2) is 0 Å². The zero-order valence-corrected chi connectivity index (χ0v) is 11.1. The molecule has 96 valence electrons. The highest BCUT2D eigenvalue weighted by atomic mass is 127. The first-order valence-electron chi connectivity index (χ1n) is 4.67. The van der Waals surface area contributed by atoms with Gasteiger partial charge in [0.1, 0.15) is 9.22 Å². The van der Waals surface area contributed by atoms with E-state index in [9.17, 15) is 18.0 Å². The molecule has 0 unspecified atom stereocenters. The number of rotatable bonds is 1. The van der Waals surface area contributed by atoms with Gasteiger partial charge in [0, 0.05) is 5.39 Å². The Bertz CT molecular complexity index is 621. The standard InChI is InChI=1S/C10H6F3IN2O2/c1-18-9(17)6-3-4(10(11,12)13)2-5-7(6)15-16-8(5)14/h2-3H,1H3,(H,15,16). The van der Waals surface area contributed by atoms with Gasteiger partial charge < -0.3 is 4.74 Å². The van der Waals surface area contributed by atoms with E-state index in [1.165, 1.54) is 0 Å². The van der Waals surface area contributed by atoms with Crippen molar-refractivity contribution in [2.45, 2.75) is 6.18 Å². The number of carbonyl (C=O) groups excluding carboxylic acids is 1. The van der Waals surface area contributed by atoms with E-state index in [1.807, 2.05) is 22.6 Å². The monoisotopic (exact) mass is 370 g/mol.